The molecule has 3 aliphatic carbocycles. The van der Waals surface area contributed by atoms with E-state index < -0.39 is 0 Å². The van der Waals surface area contributed by atoms with E-state index in [1.54, 1.807) is 5.57 Å². The molecule has 3 aliphatic rings. The smallest absolute Gasteiger partial charge is 0.0618 e. The third-order valence-electron chi connectivity index (χ3n) is 7.61. The Hall–Kier alpha value is -0.600. The second kappa shape index (κ2) is 5.21. The van der Waals surface area contributed by atoms with E-state index in [9.17, 15) is 10.2 Å². The summed E-state index contributed by atoms with van der Waals surface area (Å²) in [5.41, 5.74) is 1.74. The number of rotatable bonds is 2. The van der Waals surface area contributed by atoms with E-state index in [0.29, 0.717) is 11.8 Å². The Kier molecular flexibility index (Phi) is 3.85. The molecule has 2 fully saturated rings. The number of fused-ring (bicyclic) bond motifs is 3. The van der Waals surface area contributed by atoms with E-state index in [0.717, 1.165) is 25.7 Å². The Balaban J connectivity index is 1.96. The number of hydrogen-bond acceptors (Lipinski definition) is 2. The summed E-state index contributed by atoms with van der Waals surface area (Å²) in [6.45, 7) is 11.0. The summed E-state index contributed by atoms with van der Waals surface area (Å²) in [5.74, 6) is 1.01. The first-order chi connectivity index (χ1) is 10.3. The third kappa shape index (κ3) is 2.14. The van der Waals surface area contributed by atoms with Crippen molar-refractivity contribution < 1.29 is 10.2 Å². The zero-order chi connectivity index (χ0) is 16.2. The van der Waals surface area contributed by atoms with Crippen molar-refractivity contribution in [2.75, 3.05) is 6.61 Å². The fourth-order valence-corrected chi connectivity index (χ4v) is 5.86. The van der Waals surface area contributed by atoms with Gasteiger partial charge >= 0.3 is 0 Å². The van der Waals surface area contributed by atoms with Gasteiger partial charge in [0.1, 0.15) is 0 Å². The lowest BCUT2D eigenvalue weighted by atomic mass is 9.45. The average Bonchev–Trinajstić information content (AvgIpc) is 2.51. The lowest BCUT2D eigenvalue weighted by molar-refractivity contribution is -0.147. The van der Waals surface area contributed by atoms with Gasteiger partial charge in [-0.25, -0.2) is 0 Å². The number of hydrogen-bond donors (Lipinski definition) is 2. The molecule has 0 aromatic rings. The fourth-order valence-electron chi connectivity index (χ4n) is 5.86. The van der Waals surface area contributed by atoms with Gasteiger partial charge in [0.15, 0.2) is 0 Å². The molecule has 3 rings (SSSR count). The number of allylic oxidation sites excluding steroid dienone is 3. The molecular formula is C20H32O2. The molecule has 0 bridgehead atoms. The first kappa shape index (κ1) is 16.3. The van der Waals surface area contributed by atoms with E-state index in [4.69, 9.17) is 0 Å². The van der Waals surface area contributed by atoms with Gasteiger partial charge in [-0.05, 0) is 61.2 Å². The molecule has 0 radical (unpaired) electrons. The van der Waals surface area contributed by atoms with Gasteiger partial charge < -0.3 is 10.2 Å². The minimum Gasteiger partial charge on any atom is -0.396 e. The normalized spacial score (nSPS) is 51.5. The van der Waals surface area contributed by atoms with Gasteiger partial charge in [0, 0.05) is 5.41 Å². The van der Waals surface area contributed by atoms with E-state index >= 15 is 0 Å². The molecular weight excluding hydrogens is 272 g/mol. The van der Waals surface area contributed by atoms with Crippen LogP contribution in [0.5, 0.6) is 0 Å². The molecule has 0 aromatic carbocycles. The van der Waals surface area contributed by atoms with Crippen molar-refractivity contribution in [1.82, 2.24) is 0 Å². The van der Waals surface area contributed by atoms with Crippen molar-refractivity contribution >= 4 is 0 Å². The van der Waals surface area contributed by atoms with Gasteiger partial charge in [-0.15, -0.1) is 6.58 Å². The minimum absolute atomic E-state index is 0.0920. The predicted molar refractivity (Wildman–Crippen MR) is 90.4 cm³/mol. The molecule has 0 aliphatic heterocycles. The van der Waals surface area contributed by atoms with Gasteiger partial charge in [-0.3, -0.25) is 0 Å². The minimum atomic E-state index is -0.368. The molecule has 124 valence electrons. The van der Waals surface area contributed by atoms with Gasteiger partial charge in [0.05, 0.1) is 12.7 Å². The second-order valence-corrected chi connectivity index (χ2v) is 8.92. The molecule has 0 spiro atoms. The highest BCUT2D eigenvalue weighted by Gasteiger charge is 2.58. The molecule has 0 unspecified atom stereocenters. The van der Waals surface area contributed by atoms with Crippen LogP contribution in [0.15, 0.2) is 24.3 Å². The highest BCUT2D eigenvalue weighted by molar-refractivity contribution is 5.25. The second-order valence-electron chi connectivity index (χ2n) is 8.92. The lowest BCUT2D eigenvalue weighted by Gasteiger charge is -2.60. The zero-order valence-electron chi connectivity index (χ0n) is 14.4. The van der Waals surface area contributed by atoms with Crippen LogP contribution >= 0.6 is 0 Å². The quantitative estimate of drug-likeness (QED) is 0.755. The highest BCUT2D eigenvalue weighted by Crippen LogP contribution is 2.63. The van der Waals surface area contributed by atoms with Crippen LogP contribution in [-0.2, 0) is 0 Å². The first-order valence-electron chi connectivity index (χ1n) is 8.90. The van der Waals surface area contributed by atoms with Crippen LogP contribution in [0.25, 0.3) is 0 Å². The number of aliphatic hydroxyl groups excluding tert-OH is 2. The summed E-state index contributed by atoms with van der Waals surface area (Å²) in [7, 11) is 0. The van der Waals surface area contributed by atoms with Gasteiger partial charge in [0.2, 0.25) is 0 Å². The largest absolute Gasteiger partial charge is 0.396 e. The van der Waals surface area contributed by atoms with Crippen LogP contribution in [0, 0.1) is 28.1 Å². The molecule has 2 saturated carbocycles. The molecule has 2 nitrogen and oxygen atoms in total. The topological polar surface area (TPSA) is 40.5 Å². The van der Waals surface area contributed by atoms with E-state index in [-0.39, 0.29) is 29.0 Å². The Labute approximate surface area is 135 Å². The summed E-state index contributed by atoms with van der Waals surface area (Å²) >= 11 is 0. The van der Waals surface area contributed by atoms with Gasteiger partial charge in [-0.1, -0.05) is 38.5 Å². The molecule has 0 amide bonds. The highest BCUT2D eigenvalue weighted by atomic mass is 16.3. The van der Waals surface area contributed by atoms with E-state index in [1.807, 2.05) is 0 Å². The lowest BCUT2D eigenvalue weighted by Crippen LogP contribution is -2.57. The third-order valence-corrected chi connectivity index (χ3v) is 7.61. The average molecular weight is 304 g/mol. The van der Waals surface area contributed by atoms with Crippen molar-refractivity contribution in [3.05, 3.63) is 24.3 Å². The summed E-state index contributed by atoms with van der Waals surface area (Å²) in [4.78, 5) is 0. The zero-order valence-corrected chi connectivity index (χ0v) is 14.4. The molecule has 22 heavy (non-hydrogen) atoms. The van der Waals surface area contributed by atoms with Crippen molar-refractivity contribution in [3.8, 4) is 0 Å². The van der Waals surface area contributed by atoms with Crippen LogP contribution in [0.1, 0.15) is 59.3 Å². The predicted octanol–water partition coefficient (Wildman–Crippen LogP) is 4.08. The van der Waals surface area contributed by atoms with Gasteiger partial charge in [0.25, 0.3) is 0 Å². The summed E-state index contributed by atoms with van der Waals surface area (Å²) in [6, 6.07) is 0. The van der Waals surface area contributed by atoms with Crippen LogP contribution in [-0.4, -0.2) is 22.9 Å². The van der Waals surface area contributed by atoms with Gasteiger partial charge in [-0.2, -0.15) is 0 Å². The van der Waals surface area contributed by atoms with Crippen molar-refractivity contribution in [2.45, 2.75) is 65.4 Å². The molecule has 2 heteroatoms. The Morgan fingerprint density at radius 3 is 2.64 bits per heavy atom. The van der Waals surface area contributed by atoms with Crippen LogP contribution in [0.3, 0.4) is 0 Å². The summed E-state index contributed by atoms with van der Waals surface area (Å²) in [5, 5.41) is 20.5. The Morgan fingerprint density at radius 2 is 2.00 bits per heavy atom. The van der Waals surface area contributed by atoms with Crippen LogP contribution in [0.4, 0.5) is 0 Å². The summed E-state index contributed by atoms with van der Waals surface area (Å²) < 4.78 is 0. The molecule has 6 atom stereocenters. The van der Waals surface area contributed by atoms with Crippen molar-refractivity contribution in [2.24, 2.45) is 28.1 Å². The first-order valence-corrected chi connectivity index (χ1v) is 8.90. The molecule has 0 saturated heterocycles. The number of aliphatic hydroxyl groups is 2. The van der Waals surface area contributed by atoms with E-state index in [2.05, 4.69) is 39.5 Å². The standard InChI is InChI=1S/C20H32O2/c1-5-18(2)10-8-15-14(12-18)6-7-16-19(15,3)11-9-17(22)20(16,4)13-21/h5-6,15-17,21-22H,1,7-13H2,2-4H3/t15-,16+,17-,18-,19+,20+/m1/s1. The van der Waals surface area contributed by atoms with Crippen molar-refractivity contribution in [1.29, 1.82) is 0 Å². The molecule has 2 N–H and O–H groups in total. The molecule has 0 heterocycles. The Morgan fingerprint density at radius 1 is 1.27 bits per heavy atom. The SMILES string of the molecule is C=C[C@]1(C)CC[C@@H]2C(=CC[C@@H]3[C@](C)(CO)[C@H](O)CC[C@]32C)C1. The molecule has 0 aromatic heterocycles. The maximum atomic E-state index is 10.5. The fraction of sp³-hybridized carbons (Fsp3) is 0.800. The summed E-state index contributed by atoms with van der Waals surface area (Å²) in [6.07, 6.45) is 10.7. The Bertz CT molecular complexity index is 496. The van der Waals surface area contributed by atoms with Crippen LogP contribution < -0.4 is 0 Å². The monoisotopic (exact) mass is 304 g/mol. The van der Waals surface area contributed by atoms with E-state index in [1.165, 1.54) is 12.8 Å². The van der Waals surface area contributed by atoms with Crippen LogP contribution in [0.2, 0.25) is 0 Å². The maximum Gasteiger partial charge on any atom is 0.0618 e. The van der Waals surface area contributed by atoms with Crippen molar-refractivity contribution in [3.63, 3.8) is 0 Å². The maximum absolute atomic E-state index is 10.5.